The summed E-state index contributed by atoms with van der Waals surface area (Å²) >= 11 is 1.52. The molecule has 0 radical (unpaired) electrons. The molecule has 5 nitrogen and oxygen atoms in total. The summed E-state index contributed by atoms with van der Waals surface area (Å²) in [7, 11) is 0. The molecule has 0 N–H and O–H groups in total. The number of nitrogens with zero attached hydrogens (tertiary/aromatic N) is 3. The highest BCUT2D eigenvalue weighted by molar-refractivity contribution is 7.11. The van der Waals surface area contributed by atoms with Gasteiger partial charge in [-0.3, -0.25) is 9.69 Å². The summed E-state index contributed by atoms with van der Waals surface area (Å²) in [5, 5.41) is 2.65. The Balaban J connectivity index is 1.25. The van der Waals surface area contributed by atoms with E-state index in [4.69, 9.17) is 4.74 Å². The predicted molar refractivity (Wildman–Crippen MR) is 103 cm³/mol. The molecule has 2 aliphatic rings. The molecular formula is C20H23F2N3O2S. The lowest BCUT2D eigenvalue weighted by Crippen LogP contribution is -2.50. The Morgan fingerprint density at radius 3 is 2.46 bits per heavy atom. The Hall–Kier alpha value is -2.06. The molecule has 8 heteroatoms. The van der Waals surface area contributed by atoms with E-state index >= 15 is 0 Å². The third-order valence-corrected chi connectivity index (χ3v) is 6.25. The molecule has 1 aromatic heterocycles. The van der Waals surface area contributed by atoms with Crippen LogP contribution >= 0.6 is 11.3 Å². The van der Waals surface area contributed by atoms with Gasteiger partial charge in [0, 0.05) is 49.4 Å². The van der Waals surface area contributed by atoms with Gasteiger partial charge in [0.2, 0.25) is 0 Å². The first-order valence-electron chi connectivity index (χ1n) is 9.64. The number of benzene rings is 1. The summed E-state index contributed by atoms with van der Waals surface area (Å²) in [6.45, 7) is 3.24. The van der Waals surface area contributed by atoms with Crippen molar-refractivity contribution in [1.29, 1.82) is 0 Å². The summed E-state index contributed by atoms with van der Waals surface area (Å²) in [6, 6.07) is 3.79. The van der Waals surface area contributed by atoms with E-state index in [-0.39, 0.29) is 17.6 Å². The van der Waals surface area contributed by atoms with Crippen LogP contribution in [0.15, 0.2) is 29.8 Å². The molecule has 2 aliphatic heterocycles. The summed E-state index contributed by atoms with van der Waals surface area (Å²) in [5.41, 5.74) is 0.206. The van der Waals surface area contributed by atoms with Crippen LogP contribution in [0, 0.1) is 11.6 Å². The zero-order valence-corrected chi connectivity index (χ0v) is 16.3. The molecule has 1 amide bonds. The third-order valence-electron chi connectivity index (χ3n) is 5.59. The number of hydrogen-bond acceptors (Lipinski definition) is 5. The van der Waals surface area contributed by atoms with Crippen molar-refractivity contribution in [1.82, 2.24) is 14.8 Å². The van der Waals surface area contributed by atoms with Gasteiger partial charge in [0.1, 0.15) is 6.10 Å². The summed E-state index contributed by atoms with van der Waals surface area (Å²) in [6.07, 6.45) is 5.73. The number of aromatic nitrogens is 1. The van der Waals surface area contributed by atoms with Crippen LogP contribution < -0.4 is 4.74 Å². The Kier molecular flexibility index (Phi) is 5.87. The van der Waals surface area contributed by atoms with Crippen LogP contribution in [0.5, 0.6) is 5.19 Å². The molecule has 0 spiro atoms. The first-order chi connectivity index (χ1) is 13.6. The highest BCUT2D eigenvalue weighted by Crippen LogP contribution is 2.25. The van der Waals surface area contributed by atoms with Crippen LogP contribution in [0.3, 0.4) is 0 Å². The largest absolute Gasteiger partial charge is 0.467 e. The molecule has 3 heterocycles. The van der Waals surface area contributed by atoms with Gasteiger partial charge in [-0.25, -0.2) is 13.8 Å². The number of piperidine rings is 2. The maximum atomic E-state index is 13.4. The molecule has 2 fully saturated rings. The van der Waals surface area contributed by atoms with Crippen molar-refractivity contribution in [3.05, 3.63) is 47.0 Å². The second-order valence-corrected chi connectivity index (χ2v) is 8.16. The number of likely N-dealkylation sites (tertiary alicyclic amines) is 2. The van der Waals surface area contributed by atoms with Crippen LogP contribution in [0.2, 0.25) is 0 Å². The van der Waals surface area contributed by atoms with Crippen molar-refractivity contribution in [2.75, 3.05) is 26.2 Å². The number of amides is 1. The van der Waals surface area contributed by atoms with Crippen molar-refractivity contribution in [3.8, 4) is 5.19 Å². The van der Waals surface area contributed by atoms with Crippen LogP contribution in [-0.2, 0) is 0 Å². The Morgan fingerprint density at radius 2 is 1.82 bits per heavy atom. The maximum Gasteiger partial charge on any atom is 0.273 e. The van der Waals surface area contributed by atoms with E-state index < -0.39 is 11.6 Å². The summed E-state index contributed by atoms with van der Waals surface area (Å²) in [5.74, 6) is -2.14. The van der Waals surface area contributed by atoms with Gasteiger partial charge in [-0.15, -0.1) is 0 Å². The average molecular weight is 407 g/mol. The Morgan fingerprint density at radius 1 is 1.07 bits per heavy atom. The molecular weight excluding hydrogens is 384 g/mol. The van der Waals surface area contributed by atoms with Gasteiger partial charge in [0.25, 0.3) is 11.1 Å². The van der Waals surface area contributed by atoms with Crippen molar-refractivity contribution in [2.45, 2.75) is 37.8 Å². The lowest BCUT2D eigenvalue weighted by atomic mass is 9.98. The van der Waals surface area contributed by atoms with E-state index in [0.29, 0.717) is 19.1 Å². The zero-order valence-electron chi connectivity index (χ0n) is 15.5. The normalized spacial score (nSPS) is 19.7. The van der Waals surface area contributed by atoms with E-state index in [9.17, 15) is 13.6 Å². The first-order valence-corrected chi connectivity index (χ1v) is 10.5. The number of halogens is 2. The number of hydrogen-bond donors (Lipinski definition) is 0. The van der Waals surface area contributed by atoms with Crippen LogP contribution in [0.1, 0.15) is 36.0 Å². The molecule has 0 atom stereocenters. The molecule has 0 saturated carbocycles. The predicted octanol–water partition coefficient (Wildman–Crippen LogP) is 3.57. The fourth-order valence-corrected chi connectivity index (χ4v) is 4.57. The lowest BCUT2D eigenvalue weighted by molar-refractivity contribution is 0.0424. The number of rotatable bonds is 4. The molecule has 1 aromatic carbocycles. The fourth-order valence-electron chi connectivity index (χ4n) is 4.02. The van der Waals surface area contributed by atoms with Crippen molar-refractivity contribution >= 4 is 17.2 Å². The van der Waals surface area contributed by atoms with Gasteiger partial charge in [-0.2, -0.15) is 0 Å². The Bertz CT molecular complexity index is 802. The smallest absolute Gasteiger partial charge is 0.273 e. The van der Waals surface area contributed by atoms with E-state index in [1.807, 2.05) is 5.38 Å². The summed E-state index contributed by atoms with van der Waals surface area (Å²) < 4.78 is 32.4. The van der Waals surface area contributed by atoms with Crippen LogP contribution in [0.25, 0.3) is 0 Å². The molecule has 0 unspecified atom stereocenters. The Labute approximate surface area is 166 Å². The van der Waals surface area contributed by atoms with Gasteiger partial charge >= 0.3 is 0 Å². The van der Waals surface area contributed by atoms with Gasteiger partial charge in [0.15, 0.2) is 11.6 Å². The molecule has 28 heavy (non-hydrogen) atoms. The minimum Gasteiger partial charge on any atom is -0.467 e. The van der Waals surface area contributed by atoms with Crippen molar-refractivity contribution < 1.29 is 18.3 Å². The van der Waals surface area contributed by atoms with E-state index in [1.54, 1.807) is 11.1 Å². The van der Waals surface area contributed by atoms with E-state index in [2.05, 4.69) is 9.88 Å². The van der Waals surface area contributed by atoms with Gasteiger partial charge in [0.05, 0.1) is 0 Å². The monoisotopic (exact) mass is 407 g/mol. The molecule has 2 aromatic rings. The average Bonchev–Trinajstić information content (AvgIpc) is 3.23. The van der Waals surface area contributed by atoms with E-state index in [1.165, 1.54) is 17.4 Å². The van der Waals surface area contributed by atoms with Gasteiger partial charge < -0.3 is 9.64 Å². The number of ether oxygens (including phenoxy) is 1. The highest BCUT2D eigenvalue weighted by atomic mass is 32.1. The van der Waals surface area contributed by atoms with Crippen LogP contribution in [0.4, 0.5) is 8.78 Å². The molecule has 150 valence electrons. The molecule has 4 rings (SSSR count). The number of carbonyl (C=O) groups is 1. The van der Waals surface area contributed by atoms with Crippen molar-refractivity contribution in [2.24, 2.45) is 0 Å². The second-order valence-electron chi connectivity index (χ2n) is 7.30. The van der Waals surface area contributed by atoms with E-state index in [0.717, 1.165) is 56.1 Å². The topological polar surface area (TPSA) is 45.7 Å². The minimum atomic E-state index is -0.983. The van der Waals surface area contributed by atoms with Crippen LogP contribution in [-0.4, -0.2) is 59.0 Å². The first kappa shape index (κ1) is 19.3. The van der Waals surface area contributed by atoms with Gasteiger partial charge in [-0.1, -0.05) is 11.3 Å². The SMILES string of the molecule is O=C(c1ccc(F)c(F)c1)N1CCC(N2CCC(Oc3nccs3)CC2)CC1. The standard InChI is InChI=1S/C20H23F2N3O2S/c21-17-2-1-14(13-18(17)22)19(26)25-8-3-15(4-9-25)24-10-5-16(6-11-24)27-20-23-7-12-28-20/h1-2,7,12-13,15-16H,3-6,8-11H2. The highest BCUT2D eigenvalue weighted by Gasteiger charge is 2.30. The molecule has 0 bridgehead atoms. The lowest BCUT2D eigenvalue weighted by Gasteiger charge is -2.41. The van der Waals surface area contributed by atoms with Gasteiger partial charge in [-0.05, 0) is 43.9 Å². The van der Waals surface area contributed by atoms with Crippen molar-refractivity contribution in [3.63, 3.8) is 0 Å². The third kappa shape index (κ3) is 4.33. The maximum absolute atomic E-state index is 13.4. The zero-order chi connectivity index (χ0) is 19.5. The number of thiazole rings is 1. The molecule has 2 saturated heterocycles. The number of carbonyl (C=O) groups excluding carboxylic acids is 1. The second kappa shape index (κ2) is 8.53. The fraction of sp³-hybridized carbons (Fsp3) is 0.500. The summed E-state index contributed by atoms with van der Waals surface area (Å²) in [4.78, 5) is 20.9. The molecule has 0 aliphatic carbocycles. The quantitative estimate of drug-likeness (QED) is 0.777. The minimum absolute atomic E-state index is 0.206.